The molecular weight excluding hydrogens is 252 g/mol. The fourth-order valence-corrected chi connectivity index (χ4v) is 4.45. The van der Waals surface area contributed by atoms with Crippen molar-refractivity contribution >= 4 is 21.4 Å². The van der Waals surface area contributed by atoms with Crippen molar-refractivity contribution in [3.63, 3.8) is 0 Å². The average molecular weight is 274 g/mol. The summed E-state index contributed by atoms with van der Waals surface area (Å²) in [5, 5.41) is 14.6. The summed E-state index contributed by atoms with van der Waals surface area (Å²) in [6.45, 7) is 4.50. The summed E-state index contributed by atoms with van der Waals surface area (Å²) in [7, 11) is 0. The second-order valence-corrected chi connectivity index (χ2v) is 7.11. The zero-order valence-electron chi connectivity index (χ0n) is 11.7. The van der Waals surface area contributed by atoms with Crippen LogP contribution in [0.5, 0.6) is 0 Å². The second kappa shape index (κ2) is 4.92. The van der Waals surface area contributed by atoms with Gasteiger partial charge in [0.15, 0.2) is 0 Å². The van der Waals surface area contributed by atoms with Crippen LogP contribution in [-0.2, 0) is 6.42 Å². The molecule has 19 heavy (non-hydrogen) atoms. The summed E-state index contributed by atoms with van der Waals surface area (Å²) in [5.41, 5.74) is 0.811. The number of hydrogen-bond acceptors (Lipinski definition) is 2. The van der Waals surface area contributed by atoms with Crippen molar-refractivity contribution in [1.82, 2.24) is 0 Å². The van der Waals surface area contributed by atoms with Crippen LogP contribution in [0.2, 0.25) is 0 Å². The van der Waals surface area contributed by atoms with Crippen LogP contribution in [0.4, 0.5) is 0 Å². The molecule has 1 aromatic carbocycles. The minimum absolute atomic E-state index is 0.389. The third-order valence-corrected chi connectivity index (χ3v) is 6.04. The van der Waals surface area contributed by atoms with Crippen LogP contribution in [0.1, 0.15) is 38.7 Å². The van der Waals surface area contributed by atoms with Gasteiger partial charge in [0.05, 0.1) is 5.60 Å². The van der Waals surface area contributed by atoms with E-state index in [9.17, 15) is 5.11 Å². The van der Waals surface area contributed by atoms with E-state index in [1.54, 1.807) is 11.3 Å². The predicted octanol–water partition coefficient (Wildman–Crippen LogP) is 4.63. The van der Waals surface area contributed by atoms with Crippen LogP contribution < -0.4 is 0 Å². The number of hydrogen-bond donors (Lipinski definition) is 1. The molecule has 0 amide bonds. The molecule has 1 N–H and O–H groups in total. The van der Waals surface area contributed by atoms with E-state index in [-0.39, 0.29) is 0 Å². The average Bonchev–Trinajstić information content (AvgIpc) is 2.80. The highest BCUT2D eigenvalue weighted by Gasteiger charge is 2.40. The summed E-state index contributed by atoms with van der Waals surface area (Å²) < 4.78 is 1.33. The summed E-state index contributed by atoms with van der Waals surface area (Å²) in [6.07, 6.45) is 4.17. The molecule has 1 aliphatic rings. The first-order valence-corrected chi connectivity index (χ1v) is 8.15. The van der Waals surface area contributed by atoms with Crippen LogP contribution in [-0.4, -0.2) is 10.7 Å². The van der Waals surface area contributed by atoms with Gasteiger partial charge in [-0.05, 0) is 40.7 Å². The summed E-state index contributed by atoms with van der Waals surface area (Å²) >= 11 is 1.79. The van der Waals surface area contributed by atoms with E-state index in [4.69, 9.17) is 0 Å². The molecule has 3 atom stereocenters. The molecular formula is C17H22OS. The van der Waals surface area contributed by atoms with E-state index in [0.29, 0.717) is 11.8 Å². The second-order valence-electron chi connectivity index (χ2n) is 6.20. The van der Waals surface area contributed by atoms with Crippen molar-refractivity contribution in [2.24, 2.45) is 11.8 Å². The first-order chi connectivity index (χ1) is 9.10. The van der Waals surface area contributed by atoms with Crippen molar-refractivity contribution < 1.29 is 5.11 Å². The Bertz CT molecular complexity index is 573. The Hall–Kier alpha value is -0.860. The Balaban J connectivity index is 1.91. The number of benzene rings is 1. The lowest BCUT2D eigenvalue weighted by Crippen LogP contribution is -2.44. The Morgan fingerprint density at radius 2 is 2.11 bits per heavy atom. The molecule has 2 heteroatoms. The normalized spacial score (nSPS) is 31.7. The monoisotopic (exact) mass is 274 g/mol. The van der Waals surface area contributed by atoms with E-state index in [1.807, 2.05) is 0 Å². The van der Waals surface area contributed by atoms with Crippen LogP contribution in [0.25, 0.3) is 10.1 Å². The number of fused-ring (bicyclic) bond motifs is 1. The molecule has 3 unspecified atom stereocenters. The minimum Gasteiger partial charge on any atom is -0.389 e. The third-order valence-electron chi connectivity index (χ3n) is 5.03. The van der Waals surface area contributed by atoms with Crippen molar-refractivity contribution in [2.75, 3.05) is 0 Å². The lowest BCUT2D eigenvalue weighted by Gasteiger charge is -2.42. The fourth-order valence-electron chi connectivity index (χ4n) is 3.49. The number of aliphatic hydroxyl groups is 1. The van der Waals surface area contributed by atoms with Crippen LogP contribution in [0, 0.1) is 11.8 Å². The molecule has 0 spiro atoms. The van der Waals surface area contributed by atoms with Gasteiger partial charge < -0.3 is 5.11 Å². The lowest BCUT2D eigenvalue weighted by molar-refractivity contribution is -0.0618. The topological polar surface area (TPSA) is 20.2 Å². The smallest absolute Gasteiger partial charge is 0.0716 e. The van der Waals surface area contributed by atoms with E-state index in [2.05, 4.69) is 43.5 Å². The Morgan fingerprint density at radius 1 is 1.32 bits per heavy atom. The molecule has 0 radical (unpaired) electrons. The Labute approximate surface area is 119 Å². The highest BCUT2D eigenvalue weighted by atomic mass is 32.1. The lowest BCUT2D eigenvalue weighted by atomic mass is 9.68. The molecule has 2 aromatic rings. The first-order valence-electron chi connectivity index (χ1n) is 7.28. The van der Waals surface area contributed by atoms with Crippen molar-refractivity contribution in [3.05, 3.63) is 35.2 Å². The maximum atomic E-state index is 11.0. The van der Waals surface area contributed by atoms with Gasteiger partial charge in [0, 0.05) is 11.1 Å². The van der Waals surface area contributed by atoms with E-state index in [1.165, 1.54) is 22.1 Å². The Kier molecular flexibility index (Phi) is 3.40. The van der Waals surface area contributed by atoms with Crippen molar-refractivity contribution in [2.45, 2.75) is 45.1 Å². The molecule has 0 aliphatic heterocycles. The molecule has 102 valence electrons. The van der Waals surface area contributed by atoms with Gasteiger partial charge in [0.25, 0.3) is 0 Å². The van der Waals surface area contributed by atoms with Gasteiger partial charge in [-0.3, -0.25) is 0 Å². The maximum Gasteiger partial charge on any atom is 0.0716 e. The van der Waals surface area contributed by atoms with Gasteiger partial charge in [-0.25, -0.2) is 0 Å². The van der Waals surface area contributed by atoms with Crippen molar-refractivity contribution in [1.29, 1.82) is 0 Å². The highest BCUT2D eigenvalue weighted by Crippen LogP contribution is 2.41. The van der Waals surface area contributed by atoms with Gasteiger partial charge in [0.1, 0.15) is 0 Å². The molecule has 0 saturated heterocycles. The fraction of sp³-hybridized carbons (Fsp3) is 0.529. The molecule has 1 fully saturated rings. The van der Waals surface area contributed by atoms with Crippen LogP contribution >= 0.6 is 11.3 Å². The third kappa shape index (κ3) is 2.32. The number of thiophene rings is 1. The van der Waals surface area contributed by atoms with Gasteiger partial charge >= 0.3 is 0 Å². The van der Waals surface area contributed by atoms with Crippen LogP contribution in [0.15, 0.2) is 29.6 Å². The molecule has 1 aromatic heterocycles. The van der Waals surface area contributed by atoms with E-state index < -0.39 is 5.60 Å². The summed E-state index contributed by atoms with van der Waals surface area (Å²) in [5.74, 6) is 1.02. The van der Waals surface area contributed by atoms with E-state index in [0.717, 1.165) is 19.3 Å². The minimum atomic E-state index is -0.512. The summed E-state index contributed by atoms with van der Waals surface area (Å²) in [4.78, 5) is 0. The highest BCUT2D eigenvalue weighted by molar-refractivity contribution is 7.17. The standard InChI is InChI=1S/C17H22OS/c1-12-6-5-9-17(18,13(12)2)10-14-11-19-16-8-4-3-7-15(14)16/h3-4,7-8,11-13,18H,5-6,9-10H2,1-2H3. The largest absolute Gasteiger partial charge is 0.389 e. The van der Waals surface area contributed by atoms with Gasteiger partial charge in [-0.2, -0.15) is 0 Å². The zero-order valence-corrected chi connectivity index (χ0v) is 12.5. The summed E-state index contributed by atoms with van der Waals surface area (Å²) in [6, 6.07) is 8.53. The molecule has 1 nitrogen and oxygen atoms in total. The van der Waals surface area contributed by atoms with Gasteiger partial charge in [-0.1, -0.05) is 44.9 Å². The quantitative estimate of drug-likeness (QED) is 0.846. The van der Waals surface area contributed by atoms with Crippen molar-refractivity contribution in [3.8, 4) is 0 Å². The molecule has 1 aliphatic carbocycles. The Morgan fingerprint density at radius 3 is 2.95 bits per heavy atom. The first kappa shape index (κ1) is 13.1. The predicted molar refractivity (Wildman–Crippen MR) is 82.7 cm³/mol. The molecule has 1 saturated carbocycles. The number of rotatable bonds is 2. The molecule has 1 heterocycles. The molecule has 0 bridgehead atoms. The van der Waals surface area contributed by atoms with Gasteiger partial charge in [0.2, 0.25) is 0 Å². The maximum absolute atomic E-state index is 11.0. The van der Waals surface area contributed by atoms with Crippen LogP contribution in [0.3, 0.4) is 0 Å². The zero-order chi connectivity index (χ0) is 13.5. The molecule has 3 rings (SSSR count). The SMILES string of the molecule is CC1CCCC(O)(Cc2csc3ccccc23)C1C. The van der Waals surface area contributed by atoms with E-state index >= 15 is 0 Å². The van der Waals surface area contributed by atoms with Gasteiger partial charge in [-0.15, -0.1) is 11.3 Å².